The number of rotatable bonds is 4. The molecular formula is C11H13ClN4O. The number of nitrogens with zero attached hydrogens (tertiary/aromatic N) is 3. The SMILES string of the molecule is COCCn1ncc(Cl)c1-c1cccnc1N. The van der Waals surface area contributed by atoms with Crippen LogP contribution in [0.15, 0.2) is 24.5 Å². The van der Waals surface area contributed by atoms with Gasteiger partial charge in [0, 0.05) is 18.9 Å². The summed E-state index contributed by atoms with van der Waals surface area (Å²) in [6.07, 6.45) is 3.24. The van der Waals surface area contributed by atoms with Crippen molar-refractivity contribution in [1.29, 1.82) is 0 Å². The van der Waals surface area contributed by atoms with E-state index < -0.39 is 0 Å². The summed E-state index contributed by atoms with van der Waals surface area (Å²) in [4.78, 5) is 4.04. The lowest BCUT2D eigenvalue weighted by atomic mass is 10.2. The van der Waals surface area contributed by atoms with Gasteiger partial charge in [-0.25, -0.2) is 4.98 Å². The van der Waals surface area contributed by atoms with E-state index in [0.29, 0.717) is 24.0 Å². The van der Waals surface area contributed by atoms with E-state index in [1.165, 1.54) is 0 Å². The van der Waals surface area contributed by atoms with Crippen molar-refractivity contribution >= 4 is 17.4 Å². The molecule has 0 fully saturated rings. The maximum Gasteiger partial charge on any atom is 0.132 e. The molecule has 0 aliphatic carbocycles. The molecule has 0 radical (unpaired) electrons. The zero-order chi connectivity index (χ0) is 12.3. The molecule has 0 amide bonds. The predicted octanol–water partition coefficient (Wildman–Crippen LogP) is 1.83. The van der Waals surface area contributed by atoms with Crippen LogP contribution in [-0.2, 0) is 11.3 Å². The van der Waals surface area contributed by atoms with Gasteiger partial charge in [0.05, 0.1) is 30.1 Å². The first kappa shape index (κ1) is 11.9. The summed E-state index contributed by atoms with van der Waals surface area (Å²) in [7, 11) is 1.64. The topological polar surface area (TPSA) is 66.0 Å². The van der Waals surface area contributed by atoms with Gasteiger partial charge < -0.3 is 10.5 Å². The molecule has 90 valence electrons. The van der Waals surface area contributed by atoms with E-state index in [2.05, 4.69) is 10.1 Å². The minimum absolute atomic E-state index is 0.438. The highest BCUT2D eigenvalue weighted by molar-refractivity contribution is 6.33. The van der Waals surface area contributed by atoms with Crippen LogP contribution in [0.4, 0.5) is 5.82 Å². The lowest BCUT2D eigenvalue weighted by molar-refractivity contribution is 0.184. The van der Waals surface area contributed by atoms with Gasteiger partial charge in [-0.1, -0.05) is 11.6 Å². The number of nitrogens with two attached hydrogens (primary N) is 1. The Morgan fingerprint density at radius 2 is 2.35 bits per heavy atom. The van der Waals surface area contributed by atoms with Crippen LogP contribution < -0.4 is 5.73 Å². The maximum atomic E-state index is 6.12. The first-order chi connectivity index (χ1) is 8.24. The van der Waals surface area contributed by atoms with E-state index in [9.17, 15) is 0 Å². The summed E-state index contributed by atoms with van der Waals surface area (Å²) in [5.41, 5.74) is 7.39. The molecule has 0 aliphatic rings. The van der Waals surface area contributed by atoms with Crippen LogP contribution in [0.25, 0.3) is 11.3 Å². The highest BCUT2D eigenvalue weighted by Gasteiger charge is 2.14. The van der Waals surface area contributed by atoms with Gasteiger partial charge in [-0.2, -0.15) is 5.10 Å². The largest absolute Gasteiger partial charge is 0.383 e. The Balaban J connectivity index is 2.44. The molecule has 0 aromatic carbocycles. The van der Waals surface area contributed by atoms with Gasteiger partial charge in [-0.3, -0.25) is 4.68 Å². The quantitative estimate of drug-likeness (QED) is 0.902. The molecule has 17 heavy (non-hydrogen) atoms. The average Bonchev–Trinajstić information content (AvgIpc) is 2.69. The minimum atomic E-state index is 0.438. The van der Waals surface area contributed by atoms with E-state index in [-0.39, 0.29) is 0 Å². The molecule has 0 unspecified atom stereocenters. The molecule has 0 bridgehead atoms. The van der Waals surface area contributed by atoms with Crippen LogP contribution in [0.5, 0.6) is 0 Å². The highest BCUT2D eigenvalue weighted by Crippen LogP contribution is 2.30. The summed E-state index contributed by atoms with van der Waals surface area (Å²) in [5, 5.41) is 4.75. The van der Waals surface area contributed by atoms with Gasteiger partial charge in [-0.05, 0) is 12.1 Å². The van der Waals surface area contributed by atoms with Crippen molar-refractivity contribution in [1.82, 2.24) is 14.8 Å². The fourth-order valence-corrected chi connectivity index (χ4v) is 1.84. The van der Waals surface area contributed by atoms with Crippen LogP contribution >= 0.6 is 11.6 Å². The summed E-state index contributed by atoms with van der Waals surface area (Å²) in [6, 6.07) is 3.68. The van der Waals surface area contributed by atoms with E-state index in [1.54, 1.807) is 24.2 Å². The Bertz CT molecular complexity index is 512. The second kappa shape index (κ2) is 5.16. The number of hydrogen-bond donors (Lipinski definition) is 1. The van der Waals surface area contributed by atoms with Crippen LogP contribution in [0, 0.1) is 0 Å². The standard InChI is InChI=1S/C11H13ClN4O/c1-17-6-5-16-10(9(12)7-15-16)8-3-2-4-14-11(8)13/h2-4,7H,5-6H2,1H3,(H2,13,14). The molecule has 0 saturated heterocycles. The van der Waals surface area contributed by atoms with Crippen LogP contribution in [-0.4, -0.2) is 28.5 Å². The third kappa shape index (κ3) is 2.40. The fourth-order valence-electron chi connectivity index (χ4n) is 1.60. The van der Waals surface area contributed by atoms with Gasteiger partial charge in [0.15, 0.2) is 0 Å². The fraction of sp³-hybridized carbons (Fsp3) is 0.273. The number of nitrogen functional groups attached to an aromatic ring is 1. The summed E-state index contributed by atoms with van der Waals surface area (Å²) < 4.78 is 6.79. The van der Waals surface area contributed by atoms with Crippen molar-refractivity contribution in [3.8, 4) is 11.3 Å². The molecular weight excluding hydrogens is 240 g/mol. The van der Waals surface area contributed by atoms with Crippen molar-refractivity contribution in [2.75, 3.05) is 19.5 Å². The van der Waals surface area contributed by atoms with E-state index in [1.807, 2.05) is 12.1 Å². The summed E-state index contributed by atoms with van der Waals surface area (Å²) >= 11 is 6.12. The zero-order valence-corrected chi connectivity index (χ0v) is 10.2. The van der Waals surface area contributed by atoms with Crippen molar-refractivity contribution in [3.63, 3.8) is 0 Å². The Labute approximate surface area is 104 Å². The molecule has 2 N–H and O–H groups in total. The van der Waals surface area contributed by atoms with Crippen molar-refractivity contribution < 1.29 is 4.74 Å². The number of pyridine rings is 1. The molecule has 0 aliphatic heterocycles. The highest BCUT2D eigenvalue weighted by atomic mass is 35.5. The monoisotopic (exact) mass is 252 g/mol. The number of ether oxygens (including phenoxy) is 1. The normalized spacial score (nSPS) is 10.7. The van der Waals surface area contributed by atoms with Crippen molar-refractivity contribution in [2.45, 2.75) is 6.54 Å². The van der Waals surface area contributed by atoms with Gasteiger partial charge in [0.1, 0.15) is 5.82 Å². The molecule has 0 atom stereocenters. The number of hydrogen-bond acceptors (Lipinski definition) is 4. The van der Waals surface area contributed by atoms with Gasteiger partial charge >= 0.3 is 0 Å². The van der Waals surface area contributed by atoms with E-state index >= 15 is 0 Å². The summed E-state index contributed by atoms with van der Waals surface area (Å²) in [5.74, 6) is 0.438. The Morgan fingerprint density at radius 1 is 1.53 bits per heavy atom. The molecule has 5 nitrogen and oxygen atoms in total. The average molecular weight is 253 g/mol. The lowest BCUT2D eigenvalue weighted by Gasteiger charge is -2.09. The summed E-state index contributed by atoms with van der Waals surface area (Å²) in [6.45, 7) is 1.18. The second-order valence-electron chi connectivity index (χ2n) is 3.49. The molecule has 6 heteroatoms. The Kier molecular flexibility index (Phi) is 3.61. The van der Waals surface area contributed by atoms with E-state index in [0.717, 1.165) is 11.3 Å². The Morgan fingerprint density at radius 3 is 3.06 bits per heavy atom. The number of methoxy groups -OCH3 is 1. The number of halogens is 1. The lowest BCUT2D eigenvalue weighted by Crippen LogP contribution is -2.08. The zero-order valence-electron chi connectivity index (χ0n) is 9.43. The van der Waals surface area contributed by atoms with Gasteiger partial charge in [0.25, 0.3) is 0 Å². The second-order valence-corrected chi connectivity index (χ2v) is 3.90. The molecule has 2 aromatic rings. The number of anilines is 1. The van der Waals surface area contributed by atoms with Gasteiger partial charge in [0.2, 0.25) is 0 Å². The molecule has 2 heterocycles. The minimum Gasteiger partial charge on any atom is -0.383 e. The van der Waals surface area contributed by atoms with Crippen molar-refractivity contribution in [2.24, 2.45) is 0 Å². The van der Waals surface area contributed by atoms with Crippen molar-refractivity contribution in [3.05, 3.63) is 29.5 Å². The third-order valence-electron chi connectivity index (χ3n) is 2.40. The molecule has 0 saturated carbocycles. The van der Waals surface area contributed by atoms with E-state index in [4.69, 9.17) is 22.1 Å². The first-order valence-electron chi connectivity index (χ1n) is 5.15. The molecule has 2 aromatic heterocycles. The van der Waals surface area contributed by atoms with Crippen LogP contribution in [0.2, 0.25) is 5.02 Å². The smallest absolute Gasteiger partial charge is 0.132 e. The number of aromatic nitrogens is 3. The Hall–Kier alpha value is -1.59. The van der Waals surface area contributed by atoms with Crippen LogP contribution in [0.3, 0.4) is 0 Å². The van der Waals surface area contributed by atoms with Crippen LogP contribution in [0.1, 0.15) is 0 Å². The maximum absolute atomic E-state index is 6.12. The van der Waals surface area contributed by atoms with Gasteiger partial charge in [-0.15, -0.1) is 0 Å². The molecule has 0 spiro atoms. The first-order valence-corrected chi connectivity index (χ1v) is 5.53. The predicted molar refractivity (Wildman–Crippen MR) is 66.8 cm³/mol. The molecule has 2 rings (SSSR count). The third-order valence-corrected chi connectivity index (χ3v) is 2.67.